The van der Waals surface area contributed by atoms with E-state index < -0.39 is 0 Å². The molecule has 0 bridgehead atoms. The zero-order chi connectivity index (χ0) is 13.8. The fraction of sp³-hybridized carbons (Fsp3) is 0.867. The molecule has 2 unspecified atom stereocenters. The van der Waals surface area contributed by atoms with Crippen LogP contribution >= 0.6 is 0 Å². The van der Waals surface area contributed by atoms with Crippen LogP contribution in [-0.2, 0) is 4.74 Å². The molecule has 1 aromatic heterocycles. The van der Waals surface area contributed by atoms with Crippen LogP contribution in [-0.4, -0.2) is 36.4 Å². The van der Waals surface area contributed by atoms with Gasteiger partial charge in [-0.3, -0.25) is 0 Å². The van der Waals surface area contributed by atoms with Crippen LogP contribution in [0.3, 0.4) is 0 Å². The Morgan fingerprint density at radius 1 is 1.05 bits per heavy atom. The smallest absolute Gasteiger partial charge is 0.233 e. The van der Waals surface area contributed by atoms with E-state index in [1.807, 2.05) is 7.05 Å². The van der Waals surface area contributed by atoms with Crippen molar-refractivity contribution in [2.75, 3.05) is 20.3 Å². The van der Waals surface area contributed by atoms with E-state index in [4.69, 9.17) is 9.26 Å². The van der Waals surface area contributed by atoms with E-state index in [9.17, 15) is 0 Å². The third kappa shape index (κ3) is 3.04. The molecule has 0 radical (unpaired) electrons. The lowest BCUT2D eigenvalue weighted by Crippen LogP contribution is -2.31. The molecular weight excluding hydrogens is 254 g/mol. The fourth-order valence-electron chi connectivity index (χ4n) is 3.36. The Hall–Kier alpha value is -0.940. The molecule has 1 aliphatic carbocycles. The topological polar surface area (TPSA) is 60.2 Å². The minimum atomic E-state index is 0.204. The molecule has 2 heterocycles. The molecule has 1 saturated carbocycles. The SMILES string of the molecule is CNC1COCC1c1nc(C2CCCCCCC2)no1. The van der Waals surface area contributed by atoms with E-state index in [1.165, 1.54) is 44.9 Å². The van der Waals surface area contributed by atoms with Gasteiger partial charge in [-0.2, -0.15) is 4.98 Å². The van der Waals surface area contributed by atoms with Gasteiger partial charge in [0.1, 0.15) is 0 Å². The first-order valence-electron chi connectivity index (χ1n) is 7.97. The molecule has 3 rings (SSSR count). The number of rotatable bonds is 3. The summed E-state index contributed by atoms with van der Waals surface area (Å²) in [7, 11) is 1.96. The number of hydrogen-bond acceptors (Lipinski definition) is 5. The molecule has 0 spiro atoms. The summed E-state index contributed by atoms with van der Waals surface area (Å²) in [6.07, 6.45) is 9.07. The highest BCUT2D eigenvalue weighted by molar-refractivity contribution is 5.04. The highest BCUT2D eigenvalue weighted by atomic mass is 16.5. The van der Waals surface area contributed by atoms with E-state index in [-0.39, 0.29) is 5.92 Å². The summed E-state index contributed by atoms with van der Waals surface area (Å²) in [5, 5.41) is 7.52. The van der Waals surface area contributed by atoms with Crippen molar-refractivity contribution in [1.29, 1.82) is 0 Å². The van der Waals surface area contributed by atoms with Gasteiger partial charge in [0.2, 0.25) is 5.89 Å². The van der Waals surface area contributed by atoms with Crippen LogP contribution in [0.15, 0.2) is 4.52 Å². The lowest BCUT2D eigenvalue weighted by atomic mass is 9.91. The third-order valence-electron chi connectivity index (χ3n) is 4.70. The largest absolute Gasteiger partial charge is 0.379 e. The molecule has 1 aliphatic heterocycles. The maximum absolute atomic E-state index is 5.52. The molecule has 2 fully saturated rings. The number of likely N-dealkylation sites (N-methyl/N-ethyl adjacent to an activating group) is 1. The van der Waals surface area contributed by atoms with Crippen molar-refractivity contribution in [2.45, 2.75) is 62.8 Å². The Kier molecular flexibility index (Phi) is 4.68. The summed E-state index contributed by atoms with van der Waals surface area (Å²) in [6, 6.07) is 0.292. The molecule has 5 nitrogen and oxygen atoms in total. The minimum Gasteiger partial charge on any atom is -0.379 e. The molecule has 1 aromatic rings. The summed E-state index contributed by atoms with van der Waals surface area (Å²) in [6.45, 7) is 1.40. The Labute approximate surface area is 120 Å². The number of hydrogen-bond donors (Lipinski definition) is 1. The van der Waals surface area contributed by atoms with Crippen LogP contribution in [0, 0.1) is 0 Å². The van der Waals surface area contributed by atoms with Gasteiger partial charge in [-0.05, 0) is 19.9 Å². The standard InChI is InChI=1S/C15H25N3O2/c1-16-13-10-19-9-12(13)15-17-14(18-20-15)11-7-5-3-2-4-6-8-11/h11-13,16H,2-10H2,1H3. The lowest BCUT2D eigenvalue weighted by molar-refractivity contribution is 0.185. The second-order valence-electron chi connectivity index (χ2n) is 6.07. The number of nitrogens with zero attached hydrogens (tertiary/aromatic N) is 2. The molecule has 2 aliphatic rings. The van der Waals surface area contributed by atoms with Crippen LogP contribution in [0.5, 0.6) is 0 Å². The van der Waals surface area contributed by atoms with Crippen LogP contribution in [0.4, 0.5) is 0 Å². The van der Waals surface area contributed by atoms with Crippen LogP contribution < -0.4 is 5.32 Å². The third-order valence-corrected chi connectivity index (χ3v) is 4.70. The van der Waals surface area contributed by atoms with Crippen LogP contribution in [0.25, 0.3) is 0 Å². The van der Waals surface area contributed by atoms with Gasteiger partial charge in [0.15, 0.2) is 5.82 Å². The summed E-state index contributed by atoms with van der Waals surface area (Å²) in [4.78, 5) is 4.69. The van der Waals surface area contributed by atoms with Crippen molar-refractivity contribution in [3.05, 3.63) is 11.7 Å². The number of nitrogens with one attached hydrogen (secondary N) is 1. The maximum Gasteiger partial charge on any atom is 0.233 e. The first-order valence-corrected chi connectivity index (χ1v) is 7.97. The van der Waals surface area contributed by atoms with Gasteiger partial charge >= 0.3 is 0 Å². The quantitative estimate of drug-likeness (QED) is 0.921. The average molecular weight is 279 g/mol. The van der Waals surface area contributed by atoms with Gasteiger partial charge in [-0.1, -0.05) is 37.3 Å². The normalized spacial score (nSPS) is 29.2. The van der Waals surface area contributed by atoms with Crippen molar-refractivity contribution in [2.24, 2.45) is 0 Å². The number of ether oxygens (including phenoxy) is 1. The zero-order valence-corrected chi connectivity index (χ0v) is 12.3. The van der Waals surface area contributed by atoms with Crippen molar-refractivity contribution < 1.29 is 9.26 Å². The highest BCUT2D eigenvalue weighted by Gasteiger charge is 2.33. The minimum absolute atomic E-state index is 0.204. The zero-order valence-electron chi connectivity index (χ0n) is 12.3. The van der Waals surface area contributed by atoms with Crippen LogP contribution in [0.2, 0.25) is 0 Å². The van der Waals surface area contributed by atoms with Gasteiger partial charge in [0.25, 0.3) is 0 Å². The molecule has 0 aromatic carbocycles. The van der Waals surface area contributed by atoms with Gasteiger partial charge in [-0.15, -0.1) is 0 Å². The van der Waals surface area contributed by atoms with Gasteiger partial charge in [0, 0.05) is 12.0 Å². The predicted molar refractivity (Wildman–Crippen MR) is 75.8 cm³/mol. The Morgan fingerprint density at radius 2 is 1.80 bits per heavy atom. The van der Waals surface area contributed by atoms with Gasteiger partial charge in [0.05, 0.1) is 19.1 Å². The molecule has 0 amide bonds. The second-order valence-corrected chi connectivity index (χ2v) is 6.07. The van der Waals surface area contributed by atoms with Gasteiger partial charge in [-0.25, -0.2) is 0 Å². The first-order chi connectivity index (χ1) is 9.88. The van der Waals surface area contributed by atoms with E-state index in [2.05, 4.69) is 15.5 Å². The molecule has 20 heavy (non-hydrogen) atoms. The van der Waals surface area contributed by atoms with Crippen molar-refractivity contribution >= 4 is 0 Å². The van der Waals surface area contributed by atoms with Crippen LogP contribution in [0.1, 0.15) is 68.5 Å². The molecular formula is C15H25N3O2. The monoisotopic (exact) mass is 279 g/mol. The highest BCUT2D eigenvalue weighted by Crippen LogP contribution is 2.31. The summed E-state index contributed by atoms with van der Waals surface area (Å²) in [5.41, 5.74) is 0. The van der Waals surface area contributed by atoms with E-state index in [1.54, 1.807) is 0 Å². The lowest BCUT2D eigenvalue weighted by Gasteiger charge is -2.16. The van der Waals surface area contributed by atoms with Crippen molar-refractivity contribution in [3.8, 4) is 0 Å². The van der Waals surface area contributed by atoms with E-state index >= 15 is 0 Å². The van der Waals surface area contributed by atoms with Gasteiger partial charge < -0.3 is 14.6 Å². The Morgan fingerprint density at radius 3 is 2.55 bits per heavy atom. The van der Waals surface area contributed by atoms with Crippen molar-refractivity contribution in [1.82, 2.24) is 15.5 Å². The first kappa shape index (κ1) is 14.0. The molecule has 1 saturated heterocycles. The Balaban J connectivity index is 1.69. The predicted octanol–water partition coefficient (Wildman–Crippen LogP) is 2.60. The molecule has 112 valence electrons. The average Bonchev–Trinajstić information content (AvgIpc) is 3.06. The fourth-order valence-corrected chi connectivity index (χ4v) is 3.36. The van der Waals surface area contributed by atoms with Crippen molar-refractivity contribution in [3.63, 3.8) is 0 Å². The summed E-state index contributed by atoms with van der Waals surface area (Å²) < 4.78 is 11.0. The number of aromatic nitrogens is 2. The Bertz CT molecular complexity index is 413. The second kappa shape index (κ2) is 6.68. The molecule has 1 N–H and O–H groups in total. The van der Waals surface area contributed by atoms with E-state index in [0.29, 0.717) is 18.6 Å². The maximum atomic E-state index is 5.52. The summed E-state index contributed by atoms with van der Waals surface area (Å²) >= 11 is 0. The van der Waals surface area contributed by atoms with E-state index in [0.717, 1.165) is 18.3 Å². The molecule has 2 atom stereocenters. The summed E-state index contributed by atoms with van der Waals surface area (Å²) in [5.74, 6) is 2.36. The molecule has 5 heteroatoms.